The smallest absolute Gasteiger partial charge is 0.305 e. The molecule has 1 saturated heterocycles. The predicted octanol–water partition coefficient (Wildman–Crippen LogP) is 1.04. The Morgan fingerprint density at radius 3 is 2.65 bits per heavy atom. The van der Waals surface area contributed by atoms with Gasteiger partial charge >= 0.3 is 5.88 Å². The highest BCUT2D eigenvalue weighted by Crippen LogP contribution is 2.50. The fraction of sp³-hybridized carbons (Fsp3) is 0.500. The van der Waals surface area contributed by atoms with Crippen LogP contribution in [0, 0.1) is 5.41 Å². The number of aromatic nitrogens is 2. The van der Waals surface area contributed by atoms with Crippen molar-refractivity contribution in [3.8, 4) is 11.6 Å². The van der Waals surface area contributed by atoms with Gasteiger partial charge in [-0.05, 0) is 23.1 Å². The van der Waals surface area contributed by atoms with Gasteiger partial charge in [0.2, 0.25) is 12.1 Å². The van der Waals surface area contributed by atoms with E-state index in [9.17, 15) is 4.79 Å². The maximum Gasteiger partial charge on any atom is 0.305 e. The Kier molecular flexibility index (Phi) is 6.04. The van der Waals surface area contributed by atoms with Gasteiger partial charge in [-0.25, -0.2) is 4.57 Å². The van der Waals surface area contributed by atoms with Crippen LogP contribution in [0.2, 0.25) is 0 Å². The SMILES string of the molecule is COc1ccc([C@@H]2C3=C(CC(C)(C)CC3=O)Oc3nc[n+](CC[NH+]4CCOCC4)c(N)c32)cc1. The van der Waals surface area contributed by atoms with Crippen molar-refractivity contribution in [2.24, 2.45) is 5.41 Å². The number of methoxy groups -OCH3 is 1. The van der Waals surface area contributed by atoms with E-state index in [2.05, 4.69) is 18.8 Å². The minimum Gasteiger partial charge on any atom is -0.497 e. The van der Waals surface area contributed by atoms with Crippen LogP contribution < -0.4 is 24.7 Å². The molecule has 8 heteroatoms. The fourth-order valence-electron chi connectivity index (χ4n) is 5.32. The number of carbonyl (C=O) groups excluding carboxylic acids is 1. The molecule has 1 atom stereocenters. The Morgan fingerprint density at radius 2 is 1.94 bits per heavy atom. The van der Waals surface area contributed by atoms with E-state index >= 15 is 0 Å². The number of hydrogen-bond donors (Lipinski definition) is 2. The molecular weight excluding hydrogens is 432 g/mol. The van der Waals surface area contributed by atoms with E-state index < -0.39 is 0 Å². The minimum atomic E-state index is -0.316. The number of benzene rings is 1. The third-order valence-corrected chi connectivity index (χ3v) is 7.16. The Morgan fingerprint density at radius 1 is 1.21 bits per heavy atom. The van der Waals surface area contributed by atoms with Crippen LogP contribution in [0.3, 0.4) is 0 Å². The highest BCUT2D eigenvalue weighted by atomic mass is 16.5. The third kappa shape index (κ3) is 4.28. The van der Waals surface area contributed by atoms with Crippen molar-refractivity contribution in [1.82, 2.24) is 4.98 Å². The molecule has 1 fully saturated rings. The predicted molar refractivity (Wildman–Crippen MR) is 126 cm³/mol. The summed E-state index contributed by atoms with van der Waals surface area (Å²) >= 11 is 0. The van der Waals surface area contributed by atoms with Gasteiger partial charge in [-0.3, -0.25) is 4.79 Å². The van der Waals surface area contributed by atoms with E-state index in [4.69, 9.17) is 19.9 Å². The first-order chi connectivity index (χ1) is 16.4. The van der Waals surface area contributed by atoms with Gasteiger partial charge in [-0.15, -0.1) is 0 Å². The van der Waals surface area contributed by atoms with Crippen molar-refractivity contribution >= 4 is 11.6 Å². The van der Waals surface area contributed by atoms with Crippen LogP contribution >= 0.6 is 0 Å². The zero-order valence-electron chi connectivity index (χ0n) is 20.2. The number of morpholine rings is 1. The number of nitrogens with two attached hydrogens (primary N) is 1. The lowest BCUT2D eigenvalue weighted by molar-refractivity contribution is -0.925. The number of nitrogens with zero attached hydrogens (tertiary/aromatic N) is 2. The van der Waals surface area contributed by atoms with E-state index in [1.807, 2.05) is 28.8 Å². The number of quaternary nitrogens is 1. The molecule has 3 aliphatic rings. The normalized spacial score (nSPS) is 22.1. The number of carbonyl (C=O) groups is 1. The zero-order chi connectivity index (χ0) is 23.9. The second kappa shape index (κ2) is 9.00. The molecule has 3 N–H and O–H groups in total. The molecule has 1 aliphatic carbocycles. The van der Waals surface area contributed by atoms with Crippen molar-refractivity contribution < 1.29 is 28.5 Å². The number of nitrogen functional groups attached to an aromatic ring is 1. The van der Waals surface area contributed by atoms with E-state index in [1.165, 1.54) is 4.90 Å². The molecule has 0 saturated carbocycles. The topological polar surface area (TPSA) is 92.0 Å². The van der Waals surface area contributed by atoms with Crippen LogP contribution in [0.1, 0.15) is 43.7 Å². The molecule has 0 spiro atoms. The molecule has 1 aromatic carbocycles. The van der Waals surface area contributed by atoms with Gasteiger partial charge < -0.3 is 24.8 Å². The fourth-order valence-corrected chi connectivity index (χ4v) is 5.32. The molecule has 0 bridgehead atoms. The van der Waals surface area contributed by atoms with E-state index in [1.54, 1.807) is 13.4 Å². The number of allylic oxidation sites excluding steroid dienone is 2. The molecule has 180 valence electrons. The Hall–Kier alpha value is -2.97. The van der Waals surface area contributed by atoms with Crippen LogP contribution in [0.25, 0.3) is 0 Å². The molecule has 8 nitrogen and oxygen atoms in total. The third-order valence-electron chi connectivity index (χ3n) is 7.16. The Bertz CT molecular complexity index is 1120. The first-order valence-corrected chi connectivity index (χ1v) is 12.0. The summed E-state index contributed by atoms with van der Waals surface area (Å²) < 4.78 is 19.1. The van der Waals surface area contributed by atoms with Gasteiger partial charge in [0.15, 0.2) is 5.78 Å². The lowest BCUT2D eigenvalue weighted by Crippen LogP contribution is -3.14. The molecule has 1 aromatic heterocycles. The maximum absolute atomic E-state index is 13.4. The molecule has 2 aliphatic heterocycles. The van der Waals surface area contributed by atoms with Crippen LogP contribution in [0.5, 0.6) is 11.6 Å². The van der Waals surface area contributed by atoms with Crippen molar-refractivity contribution in [3.05, 3.63) is 53.1 Å². The van der Waals surface area contributed by atoms with Crippen molar-refractivity contribution in [3.63, 3.8) is 0 Å². The average molecular weight is 467 g/mol. The molecular formula is C26H34N4O4+2. The monoisotopic (exact) mass is 466 g/mol. The maximum atomic E-state index is 13.4. The molecule has 0 unspecified atom stereocenters. The molecule has 34 heavy (non-hydrogen) atoms. The minimum absolute atomic E-state index is 0.116. The number of hydrogen-bond acceptors (Lipinski definition) is 6. The standard InChI is InChI=1S/C26H32N4O4/c1-26(2)14-19(31)22-20(15-26)34-25-23(21(22)17-4-6-18(32-3)7-5-17)24(27)30(16-28-25)9-8-29-10-12-33-13-11-29/h4-7,16,21,27H,8-15H2,1-3H3/p+2/t21-/m1/s1. The number of fused-ring (bicyclic) bond motifs is 1. The first kappa shape index (κ1) is 22.8. The molecule has 5 rings (SSSR count). The number of nitrogens with one attached hydrogen (secondary N) is 1. The summed E-state index contributed by atoms with van der Waals surface area (Å²) in [7, 11) is 1.65. The summed E-state index contributed by atoms with van der Waals surface area (Å²) in [5, 5.41) is 0. The summed E-state index contributed by atoms with van der Waals surface area (Å²) in [4.78, 5) is 19.6. The summed E-state index contributed by atoms with van der Waals surface area (Å²) in [6, 6.07) is 7.85. The second-order valence-electron chi connectivity index (χ2n) is 10.2. The van der Waals surface area contributed by atoms with Gasteiger partial charge in [-0.1, -0.05) is 31.0 Å². The number of Topliss-reactive ketones (excluding diaryl/α,β-unsaturated/α-hetero) is 1. The first-order valence-electron chi connectivity index (χ1n) is 12.0. The summed E-state index contributed by atoms with van der Waals surface area (Å²) in [5.74, 6) is 2.38. The molecule has 0 amide bonds. The van der Waals surface area contributed by atoms with Crippen LogP contribution in [0.15, 0.2) is 41.9 Å². The quantitative estimate of drug-likeness (QED) is 0.640. The number of ketones is 1. The highest BCUT2D eigenvalue weighted by molar-refractivity contribution is 6.00. The van der Waals surface area contributed by atoms with Crippen LogP contribution in [0.4, 0.5) is 5.82 Å². The Balaban J connectivity index is 1.56. The van der Waals surface area contributed by atoms with Gasteiger partial charge in [0.25, 0.3) is 0 Å². The number of anilines is 1. The zero-order valence-corrected chi connectivity index (χ0v) is 20.2. The van der Waals surface area contributed by atoms with Crippen LogP contribution in [-0.4, -0.2) is 50.7 Å². The van der Waals surface area contributed by atoms with Crippen molar-refractivity contribution in [2.75, 3.05) is 45.7 Å². The highest BCUT2D eigenvalue weighted by Gasteiger charge is 2.45. The Labute approximate surface area is 200 Å². The van der Waals surface area contributed by atoms with Gasteiger partial charge in [0.1, 0.15) is 43.3 Å². The van der Waals surface area contributed by atoms with Gasteiger partial charge in [0, 0.05) is 18.4 Å². The lowest BCUT2D eigenvalue weighted by Gasteiger charge is -2.37. The average Bonchev–Trinajstić information content (AvgIpc) is 2.82. The molecule has 0 radical (unpaired) electrons. The summed E-state index contributed by atoms with van der Waals surface area (Å²) in [5.41, 5.74) is 9.09. The van der Waals surface area contributed by atoms with E-state index in [0.29, 0.717) is 30.1 Å². The van der Waals surface area contributed by atoms with Gasteiger partial charge in [-0.2, -0.15) is 0 Å². The van der Waals surface area contributed by atoms with Crippen molar-refractivity contribution in [1.29, 1.82) is 0 Å². The summed E-state index contributed by atoms with van der Waals surface area (Å²) in [6.45, 7) is 9.46. The van der Waals surface area contributed by atoms with Gasteiger partial charge in [0.05, 0.1) is 26.2 Å². The largest absolute Gasteiger partial charge is 0.497 e. The van der Waals surface area contributed by atoms with Crippen LogP contribution in [-0.2, 0) is 16.1 Å². The number of ether oxygens (including phenoxy) is 3. The number of rotatable bonds is 5. The summed E-state index contributed by atoms with van der Waals surface area (Å²) in [6.07, 6.45) is 2.94. The molecule has 2 aromatic rings. The van der Waals surface area contributed by atoms with E-state index in [0.717, 1.165) is 62.0 Å². The van der Waals surface area contributed by atoms with Crippen molar-refractivity contribution in [2.45, 2.75) is 39.2 Å². The lowest BCUT2D eigenvalue weighted by atomic mass is 9.70. The van der Waals surface area contributed by atoms with E-state index in [-0.39, 0.29) is 17.1 Å². The second-order valence-corrected chi connectivity index (χ2v) is 10.2. The molecule has 3 heterocycles.